The van der Waals surface area contributed by atoms with Gasteiger partial charge in [0.15, 0.2) is 0 Å². The minimum atomic E-state index is -4.12. The number of rotatable bonds is 14. The molecule has 18 heteroatoms. The van der Waals surface area contributed by atoms with E-state index in [-0.39, 0.29) is 35.6 Å². The lowest BCUT2D eigenvalue weighted by Crippen LogP contribution is -2.58. The fraction of sp³-hybridized carbons (Fsp3) is 0.526. The number of ether oxygens (including phenoxy) is 4. The Labute approximate surface area is 324 Å². The van der Waals surface area contributed by atoms with Gasteiger partial charge in [0, 0.05) is 48.3 Å². The molecule has 0 unspecified atom stereocenters. The molecule has 56 heavy (non-hydrogen) atoms. The van der Waals surface area contributed by atoms with Crippen molar-refractivity contribution in [2.45, 2.75) is 102 Å². The van der Waals surface area contributed by atoms with Gasteiger partial charge in [-0.3, -0.25) is 33.0 Å². The van der Waals surface area contributed by atoms with E-state index >= 15 is 0 Å². The number of fused-ring (bicyclic) bond motifs is 2. The number of amides is 3. The predicted octanol–water partition coefficient (Wildman–Crippen LogP) is 5.60. The molecule has 6 rings (SSSR count). The molecular formula is C38H48N5O12P. The summed E-state index contributed by atoms with van der Waals surface area (Å²) in [5.41, 5.74) is 2.34. The Bertz CT molecular complexity index is 1920. The van der Waals surface area contributed by atoms with E-state index in [1.807, 2.05) is 23.2 Å². The van der Waals surface area contributed by atoms with E-state index in [2.05, 4.69) is 15.3 Å². The minimum absolute atomic E-state index is 0.0509. The summed E-state index contributed by atoms with van der Waals surface area (Å²) >= 11 is 0. The van der Waals surface area contributed by atoms with Gasteiger partial charge in [0.25, 0.3) is 5.91 Å². The van der Waals surface area contributed by atoms with Crippen molar-refractivity contribution in [1.29, 1.82) is 0 Å². The Morgan fingerprint density at radius 2 is 1.62 bits per heavy atom. The van der Waals surface area contributed by atoms with Gasteiger partial charge in [-0.25, -0.2) is 9.59 Å². The van der Waals surface area contributed by atoms with Crippen molar-refractivity contribution in [2.75, 3.05) is 26.7 Å². The van der Waals surface area contributed by atoms with E-state index in [0.717, 1.165) is 24.8 Å². The van der Waals surface area contributed by atoms with Crippen molar-refractivity contribution in [3.8, 4) is 0 Å². The Hall–Kier alpha value is -4.99. The molecule has 3 aromatic rings. The number of hydrogen-bond donors (Lipinski definition) is 2. The molecule has 2 aromatic heterocycles. The van der Waals surface area contributed by atoms with Crippen LogP contribution in [0.5, 0.6) is 0 Å². The molecule has 3 fully saturated rings. The summed E-state index contributed by atoms with van der Waals surface area (Å²) in [7, 11) is -4.12. The highest BCUT2D eigenvalue weighted by molar-refractivity contribution is 7.53. The molecular weight excluding hydrogens is 749 g/mol. The molecule has 5 heterocycles. The lowest BCUT2D eigenvalue weighted by atomic mass is 9.92. The molecule has 0 spiro atoms. The Morgan fingerprint density at radius 1 is 0.929 bits per heavy atom. The van der Waals surface area contributed by atoms with Crippen LogP contribution in [-0.2, 0) is 48.3 Å². The molecule has 2 N–H and O–H groups in total. The third-order valence-electron chi connectivity index (χ3n) is 9.85. The summed E-state index contributed by atoms with van der Waals surface area (Å²) in [5.74, 6) is -0.574. The number of carbonyl (C=O) groups is 5. The molecule has 3 atom stereocenters. The first-order valence-electron chi connectivity index (χ1n) is 18.8. The highest BCUT2D eigenvalue weighted by Gasteiger charge is 2.47. The van der Waals surface area contributed by atoms with Crippen LogP contribution in [0.1, 0.15) is 87.3 Å². The lowest BCUT2D eigenvalue weighted by molar-refractivity contribution is -0.148. The molecule has 0 bridgehead atoms. The van der Waals surface area contributed by atoms with Crippen LogP contribution in [0, 0.1) is 0 Å². The van der Waals surface area contributed by atoms with Crippen molar-refractivity contribution < 1.29 is 56.5 Å². The first-order valence-corrected chi connectivity index (χ1v) is 20.5. The summed E-state index contributed by atoms with van der Waals surface area (Å²) < 4.78 is 44.0. The number of pyridine rings is 1. The molecule has 0 saturated carbocycles. The number of H-pyrrole nitrogens is 1. The van der Waals surface area contributed by atoms with E-state index < -0.39 is 63.7 Å². The first-order chi connectivity index (χ1) is 26.8. The monoisotopic (exact) mass is 797 g/mol. The van der Waals surface area contributed by atoms with Gasteiger partial charge in [-0.1, -0.05) is 12.1 Å². The zero-order valence-corrected chi connectivity index (χ0v) is 32.7. The number of aromatic nitrogens is 2. The van der Waals surface area contributed by atoms with Crippen LogP contribution >= 0.6 is 7.60 Å². The summed E-state index contributed by atoms with van der Waals surface area (Å²) in [6.07, 6.45) is 3.49. The lowest BCUT2D eigenvalue weighted by Gasteiger charge is -2.42. The van der Waals surface area contributed by atoms with E-state index in [4.69, 9.17) is 28.0 Å². The number of hydrogen-bond acceptors (Lipinski definition) is 13. The van der Waals surface area contributed by atoms with Crippen LogP contribution in [0.2, 0.25) is 0 Å². The van der Waals surface area contributed by atoms with Crippen LogP contribution < -0.4 is 5.32 Å². The first kappa shape index (κ1) is 40.7. The van der Waals surface area contributed by atoms with Crippen LogP contribution in [-0.4, -0.2) is 107 Å². The number of carbonyl (C=O) groups excluding carboxylic acids is 5. The van der Waals surface area contributed by atoms with Crippen LogP contribution in [0.4, 0.5) is 9.59 Å². The zero-order valence-electron chi connectivity index (χ0n) is 31.8. The van der Waals surface area contributed by atoms with Crippen molar-refractivity contribution in [1.82, 2.24) is 25.1 Å². The number of benzene rings is 1. The second-order valence-corrected chi connectivity index (χ2v) is 16.7. The van der Waals surface area contributed by atoms with Crippen LogP contribution in [0.3, 0.4) is 0 Å². The van der Waals surface area contributed by atoms with Crippen LogP contribution in [0.15, 0.2) is 48.8 Å². The Balaban J connectivity index is 1.09. The molecule has 17 nitrogen and oxygen atoms in total. The van der Waals surface area contributed by atoms with Gasteiger partial charge in [-0.15, -0.1) is 0 Å². The maximum absolute atomic E-state index is 14.0. The second-order valence-electron chi connectivity index (χ2n) is 14.7. The predicted molar refractivity (Wildman–Crippen MR) is 199 cm³/mol. The van der Waals surface area contributed by atoms with Crippen LogP contribution in [0.25, 0.3) is 10.9 Å². The highest BCUT2D eigenvalue weighted by Crippen LogP contribution is 2.51. The van der Waals surface area contributed by atoms with Gasteiger partial charge in [0.2, 0.25) is 25.4 Å². The minimum Gasteiger partial charge on any atom is -0.432 e. The molecule has 0 radical (unpaired) electrons. The summed E-state index contributed by atoms with van der Waals surface area (Å²) in [4.78, 5) is 75.7. The SMILES string of the molecule is CC(C)OC(=O)OCOP(=O)(Cc1ccc2[nH]c(C(=O)N[C@H]3CCC[C@H]4CC[C@@H](C(=O)N5CC(c6cccnc6)C5)N4C3=O)cc2c1)OCOC(=O)OC(C)C. The van der Waals surface area contributed by atoms with Gasteiger partial charge >= 0.3 is 19.9 Å². The third-order valence-corrected chi connectivity index (χ3v) is 11.6. The van der Waals surface area contributed by atoms with Gasteiger partial charge < -0.3 is 39.0 Å². The second kappa shape index (κ2) is 17.9. The topological polar surface area (TPSA) is 205 Å². The summed E-state index contributed by atoms with van der Waals surface area (Å²) in [5, 5.41) is 3.49. The fourth-order valence-corrected chi connectivity index (χ4v) is 8.52. The molecule has 0 aliphatic carbocycles. The highest BCUT2D eigenvalue weighted by atomic mass is 31.2. The molecule has 3 saturated heterocycles. The molecule has 3 aliphatic heterocycles. The average Bonchev–Trinajstić information content (AvgIpc) is 3.71. The molecule has 3 amide bonds. The maximum atomic E-state index is 14.0. The van der Waals surface area contributed by atoms with Crippen molar-refractivity contribution in [2.24, 2.45) is 0 Å². The van der Waals surface area contributed by atoms with E-state index in [1.54, 1.807) is 63.1 Å². The summed E-state index contributed by atoms with van der Waals surface area (Å²) in [6, 6.07) is 9.06. The normalized spacial score (nSPS) is 20.0. The standard InChI is InChI=1S/C38H48N5O12P/c1-23(2)54-37(47)50-21-52-56(49,53-22-51-38(48)55-24(3)4)20-25-10-12-30-27(15-25)16-32(40-30)34(44)41-31-9-5-8-29-11-13-33(43(29)35(31)45)36(46)42-18-28(19-42)26-7-6-14-39-17-26/h6-7,10,12,14-17,23-24,28-29,31,33,40H,5,8-9,11,13,18-22H2,1-4H3,(H,41,44)/t29-,31-,33-/m0/s1. The zero-order chi connectivity index (χ0) is 40.0. The van der Waals surface area contributed by atoms with Gasteiger partial charge in [-0.05, 0) is 95.2 Å². The average molecular weight is 798 g/mol. The molecule has 3 aliphatic rings. The Kier molecular flexibility index (Phi) is 13.0. The smallest absolute Gasteiger partial charge is 0.432 e. The molecule has 302 valence electrons. The fourth-order valence-electron chi connectivity index (χ4n) is 7.19. The van der Waals surface area contributed by atoms with Crippen molar-refractivity contribution in [3.05, 3.63) is 65.6 Å². The maximum Gasteiger partial charge on any atom is 0.510 e. The van der Waals surface area contributed by atoms with Crippen molar-refractivity contribution >= 4 is 48.5 Å². The van der Waals surface area contributed by atoms with Gasteiger partial charge in [0.1, 0.15) is 17.8 Å². The molecule has 1 aromatic carbocycles. The number of nitrogens with one attached hydrogen (secondary N) is 2. The summed E-state index contributed by atoms with van der Waals surface area (Å²) in [6.45, 7) is 6.14. The number of nitrogens with zero attached hydrogens (tertiary/aromatic N) is 3. The largest absolute Gasteiger partial charge is 0.510 e. The van der Waals surface area contributed by atoms with E-state index in [0.29, 0.717) is 42.4 Å². The van der Waals surface area contributed by atoms with E-state index in [1.165, 1.54) is 0 Å². The third kappa shape index (κ3) is 10.1. The van der Waals surface area contributed by atoms with Gasteiger partial charge in [0.05, 0.1) is 18.4 Å². The number of aromatic amines is 1. The van der Waals surface area contributed by atoms with E-state index in [9.17, 15) is 28.5 Å². The quantitative estimate of drug-likeness (QED) is 0.116. The number of likely N-dealkylation sites (tertiary alicyclic amines) is 1. The van der Waals surface area contributed by atoms with Crippen molar-refractivity contribution in [3.63, 3.8) is 0 Å². The van der Waals surface area contributed by atoms with Gasteiger partial charge in [-0.2, -0.15) is 0 Å². The Morgan fingerprint density at radius 3 is 2.27 bits per heavy atom.